The van der Waals surface area contributed by atoms with Crippen LogP contribution >= 0.6 is 0 Å². The lowest BCUT2D eigenvalue weighted by molar-refractivity contribution is -0.0512. The summed E-state index contributed by atoms with van der Waals surface area (Å²) in [7, 11) is 3.06. The number of fused-ring (bicyclic) bond motifs is 1. The Bertz CT molecular complexity index is 1210. The average Bonchev–Trinajstić information content (AvgIpc) is 3.12. The SMILES string of the molecule is COc1cc(CN(C)C(=O)c2cc(C)n(-c3ccc4c(c3)OCCO4)c2C)ccc1OC(F)F. The monoisotopic (exact) mass is 472 g/mol. The van der Waals surface area contributed by atoms with Crippen LogP contribution in [0.5, 0.6) is 23.0 Å². The number of rotatable bonds is 7. The van der Waals surface area contributed by atoms with Gasteiger partial charge < -0.3 is 28.4 Å². The molecule has 7 nitrogen and oxygen atoms in total. The van der Waals surface area contributed by atoms with Crippen LogP contribution in [0, 0.1) is 13.8 Å². The highest BCUT2D eigenvalue weighted by atomic mass is 19.3. The average molecular weight is 472 g/mol. The molecule has 2 heterocycles. The van der Waals surface area contributed by atoms with Crippen molar-refractivity contribution in [3.8, 4) is 28.7 Å². The number of aryl methyl sites for hydroxylation is 1. The van der Waals surface area contributed by atoms with Gasteiger partial charge in [-0.1, -0.05) is 6.07 Å². The molecular formula is C25H26F2N2O5. The predicted molar refractivity (Wildman–Crippen MR) is 122 cm³/mol. The molecule has 180 valence electrons. The molecule has 0 spiro atoms. The third-order valence-electron chi connectivity index (χ3n) is 5.66. The van der Waals surface area contributed by atoms with Crippen LogP contribution in [0.4, 0.5) is 8.78 Å². The Kier molecular flexibility index (Phi) is 6.63. The number of carbonyl (C=O) groups is 1. The van der Waals surface area contributed by atoms with E-state index in [0.717, 1.165) is 22.6 Å². The zero-order valence-electron chi connectivity index (χ0n) is 19.4. The van der Waals surface area contributed by atoms with E-state index in [-0.39, 0.29) is 24.0 Å². The molecule has 34 heavy (non-hydrogen) atoms. The molecular weight excluding hydrogens is 446 g/mol. The van der Waals surface area contributed by atoms with E-state index in [0.29, 0.717) is 30.3 Å². The summed E-state index contributed by atoms with van der Waals surface area (Å²) < 4.78 is 48.1. The third kappa shape index (κ3) is 4.64. The zero-order chi connectivity index (χ0) is 24.4. The van der Waals surface area contributed by atoms with Crippen LogP contribution in [-0.2, 0) is 6.54 Å². The maximum Gasteiger partial charge on any atom is 0.387 e. The Morgan fingerprint density at radius 1 is 1.06 bits per heavy atom. The van der Waals surface area contributed by atoms with E-state index < -0.39 is 6.61 Å². The van der Waals surface area contributed by atoms with Crippen molar-refractivity contribution in [2.75, 3.05) is 27.4 Å². The molecule has 0 radical (unpaired) electrons. The number of alkyl halides is 2. The molecule has 0 fully saturated rings. The first kappa shape index (κ1) is 23.4. The summed E-state index contributed by atoms with van der Waals surface area (Å²) in [6.45, 7) is 2.16. The quantitative estimate of drug-likeness (QED) is 0.497. The molecule has 4 rings (SSSR count). The highest BCUT2D eigenvalue weighted by molar-refractivity contribution is 5.95. The highest BCUT2D eigenvalue weighted by Crippen LogP contribution is 2.34. The minimum Gasteiger partial charge on any atom is -0.493 e. The molecule has 0 saturated carbocycles. The van der Waals surface area contributed by atoms with Gasteiger partial charge in [0.05, 0.1) is 12.7 Å². The van der Waals surface area contributed by atoms with Gasteiger partial charge in [0.25, 0.3) is 5.91 Å². The van der Waals surface area contributed by atoms with Gasteiger partial charge in [0.15, 0.2) is 23.0 Å². The van der Waals surface area contributed by atoms with Gasteiger partial charge in [-0.15, -0.1) is 0 Å². The fourth-order valence-corrected chi connectivity index (χ4v) is 4.10. The number of halogens is 2. The second-order valence-electron chi connectivity index (χ2n) is 7.97. The largest absolute Gasteiger partial charge is 0.493 e. The van der Waals surface area contributed by atoms with Crippen molar-refractivity contribution in [3.63, 3.8) is 0 Å². The Morgan fingerprint density at radius 3 is 2.50 bits per heavy atom. The van der Waals surface area contributed by atoms with Crippen LogP contribution in [0.25, 0.3) is 5.69 Å². The summed E-state index contributed by atoms with van der Waals surface area (Å²) >= 11 is 0. The predicted octanol–water partition coefficient (Wildman–Crippen LogP) is 4.75. The van der Waals surface area contributed by atoms with Gasteiger partial charge in [-0.25, -0.2) is 0 Å². The van der Waals surface area contributed by atoms with E-state index in [1.165, 1.54) is 13.2 Å². The zero-order valence-corrected chi connectivity index (χ0v) is 19.4. The van der Waals surface area contributed by atoms with Crippen LogP contribution in [-0.4, -0.2) is 49.4 Å². The molecule has 0 bridgehead atoms. The molecule has 0 N–H and O–H groups in total. The van der Waals surface area contributed by atoms with Gasteiger partial charge in [0.2, 0.25) is 0 Å². The standard InChI is InChI=1S/C25H26F2N2O5/c1-15-11-19(16(2)29(15)18-6-8-20-23(13-18)33-10-9-32-20)24(30)28(3)14-17-5-7-21(34-25(26)27)22(12-17)31-4/h5-8,11-13,25H,9-10,14H2,1-4H3. The van der Waals surface area contributed by atoms with Crippen LogP contribution in [0.15, 0.2) is 42.5 Å². The first-order chi connectivity index (χ1) is 16.3. The maximum absolute atomic E-state index is 13.3. The minimum atomic E-state index is -2.95. The fourth-order valence-electron chi connectivity index (χ4n) is 4.10. The normalized spacial score (nSPS) is 12.6. The first-order valence-electron chi connectivity index (χ1n) is 10.7. The molecule has 3 aromatic rings. The lowest BCUT2D eigenvalue weighted by atomic mass is 10.1. The smallest absolute Gasteiger partial charge is 0.387 e. The van der Waals surface area contributed by atoms with E-state index >= 15 is 0 Å². The van der Waals surface area contributed by atoms with E-state index in [2.05, 4.69) is 4.74 Å². The van der Waals surface area contributed by atoms with Crippen LogP contribution in [0.1, 0.15) is 27.3 Å². The third-order valence-corrected chi connectivity index (χ3v) is 5.66. The van der Waals surface area contributed by atoms with Gasteiger partial charge >= 0.3 is 6.61 Å². The summed E-state index contributed by atoms with van der Waals surface area (Å²) in [4.78, 5) is 14.8. The molecule has 1 aliphatic rings. The molecule has 0 unspecified atom stereocenters. The minimum absolute atomic E-state index is 0.0572. The molecule has 0 saturated heterocycles. The second-order valence-corrected chi connectivity index (χ2v) is 7.97. The van der Waals surface area contributed by atoms with Crippen LogP contribution in [0.2, 0.25) is 0 Å². The van der Waals surface area contributed by atoms with E-state index in [1.54, 1.807) is 24.1 Å². The van der Waals surface area contributed by atoms with Crippen LogP contribution < -0.4 is 18.9 Å². The summed E-state index contributed by atoms with van der Waals surface area (Å²) in [6, 6.07) is 12.2. The molecule has 1 amide bonds. The van der Waals surface area contributed by atoms with E-state index in [1.807, 2.05) is 42.7 Å². The van der Waals surface area contributed by atoms with Crippen LogP contribution in [0.3, 0.4) is 0 Å². The van der Waals surface area contributed by atoms with Crippen molar-refractivity contribution in [3.05, 3.63) is 65.0 Å². The Morgan fingerprint density at radius 2 is 1.79 bits per heavy atom. The molecule has 0 aliphatic carbocycles. The van der Waals surface area contributed by atoms with Crippen molar-refractivity contribution in [1.82, 2.24) is 9.47 Å². The van der Waals surface area contributed by atoms with Crippen molar-refractivity contribution in [2.24, 2.45) is 0 Å². The van der Waals surface area contributed by atoms with E-state index in [9.17, 15) is 13.6 Å². The Hall–Kier alpha value is -3.75. The summed E-state index contributed by atoms with van der Waals surface area (Å²) in [5.41, 5.74) is 3.86. The van der Waals surface area contributed by atoms with Gasteiger partial charge in [0.1, 0.15) is 13.2 Å². The molecule has 9 heteroatoms. The lowest BCUT2D eigenvalue weighted by Gasteiger charge is -2.20. The topological polar surface area (TPSA) is 62.2 Å². The summed E-state index contributed by atoms with van der Waals surface area (Å²) in [6.07, 6.45) is 0. The maximum atomic E-state index is 13.3. The molecule has 1 aliphatic heterocycles. The number of carbonyl (C=O) groups excluding carboxylic acids is 1. The molecule has 1 aromatic heterocycles. The number of aromatic nitrogens is 1. The Balaban J connectivity index is 1.56. The second kappa shape index (κ2) is 9.62. The number of methoxy groups -OCH3 is 1. The fraction of sp³-hybridized carbons (Fsp3) is 0.320. The first-order valence-corrected chi connectivity index (χ1v) is 10.7. The Labute approximate surface area is 196 Å². The number of amides is 1. The summed E-state index contributed by atoms with van der Waals surface area (Å²) in [5, 5.41) is 0. The molecule has 0 atom stereocenters. The van der Waals surface area contributed by atoms with Crippen molar-refractivity contribution >= 4 is 5.91 Å². The van der Waals surface area contributed by atoms with Crippen molar-refractivity contribution in [2.45, 2.75) is 27.0 Å². The number of ether oxygens (including phenoxy) is 4. The number of hydrogen-bond acceptors (Lipinski definition) is 5. The lowest BCUT2D eigenvalue weighted by Crippen LogP contribution is -2.26. The highest BCUT2D eigenvalue weighted by Gasteiger charge is 2.22. The van der Waals surface area contributed by atoms with E-state index in [4.69, 9.17) is 14.2 Å². The van der Waals surface area contributed by atoms with Crippen molar-refractivity contribution in [1.29, 1.82) is 0 Å². The van der Waals surface area contributed by atoms with Crippen molar-refractivity contribution < 1.29 is 32.5 Å². The summed E-state index contributed by atoms with van der Waals surface area (Å²) in [5.74, 6) is 1.33. The number of hydrogen-bond donors (Lipinski definition) is 0. The number of benzene rings is 2. The van der Waals surface area contributed by atoms with Gasteiger partial charge in [-0.2, -0.15) is 8.78 Å². The van der Waals surface area contributed by atoms with Gasteiger partial charge in [-0.3, -0.25) is 4.79 Å². The van der Waals surface area contributed by atoms with Gasteiger partial charge in [0, 0.05) is 36.7 Å². The number of nitrogens with zero attached hydrogens (tertiary/aromatic N) is 2. The van der Waals surface area contributed by atoms with Gasteiger partial charge in [-0.05, 0) is 49.7 Å². The molecule has 2 aromatic carbocycles.